The van der Waals surface area contributed by atoms with E-state index in [-0.39, 0.29) is 5.56 Å². The van der Waals surface area contributed by atoms with E-state index in [1.807, 2.05) is 24.3 Å². The lowest BCUT2D eigenvalue weighted by atomic mass is 10.1. The first kappa shape index (κ1) is 10.8. The number of carbonyl (C=O) groups excluding carboxylic acids is 1. The normalized spacial score (nSPS) is 10.1. The Morgan fingerprint density at radius 2 is 1.94 bits per heavy atom. The van der Waals surface area contributed by atoms with Crippen molar-refractivity contribution in [3.63, 3.8) is 0 Å². The van der Waals surface area contributed by atoms with Crippen molar-refractivity contribution in [3.05, 3.63) is 50.7 Å². The van der Waals surface area contributed by atoms with Gasteiger partial charge in [-0.2, -0.15) is 5.10 Å². The van der Waals surface area contributed by atoms with Gasteiger partial charge in [0, 0.05) is 10.0 Å². The molecule has 1 aromatic carbocycles. The van der Waals surface area contributed by atoms with Crippen molar-refractivity contribution in [1.29, 1.82) is 0 Å². The molecule has 4 nitrogen and oxygen atoms in total. The second-order valence-corrected chi connectivity index (χ2v) is 4.08. The SMILES string of the molecule is O=Cc1cc(-c2ccc(Br)cc2)n[nH]c1=O. The third-order valence-corrected chi connectivity index (χ3v) is 2.63. The Kier molecular flexibility index (Phi) is 2.96. The summed E-state index contributed by atoms with van der Waals surface area (Å²) < 4.78 is 0.955. The number of aromatic amines is 1. The third-order valence-electron chi connectivity index (χ3n) is 2.10. The second kappa shape index (κ2) is 4.40. The number of nitrogens with one attached hydrogen (secondary N) is 1. The van der Waals surface area contributed by atoms with Crippen molar-refractivity contribution in [2.24, 2.45) is 0 Å². The summed E-state index contributed by atoms with van der Waals surface area (Å²) in [6.45, 7) is 0. The summed E-state index contributed by atoms with van der Waals surface area (Å²) in [6, 6.07) is 8.89. The van der Waals surface area contributed by atoms with E-state index >= 15 is 0 Å². The van der Waals surface area contributed by atoms with Gasteiger partial charge in [-0.1, -0.05) is 28.1 Å². The quantitative estimate of drug-likeness (QED) is 0.855. The number of benzene rings is 1. The van der Waals surface area contributed by atoms with E-state index in [1.54, 1.807) is 0 Å². The summed E-state index contributed by atoms with van der Waals surface area (Å²) in [5, 5.41) is 6.16. The monoisotopic (exact) mass is 278 g/mol. The molecule has 0 radical (unpaired) electrons. The molecule has 1 N–H and O–H groups in total. The highest BCUT2D eigenvalue weighted by molar-refractivity contribution is 9.10. The second-order valence-electron chi connectivity index (χ2n) is 3.16. The van der Waals surface area contributed by atoms with Crippen molar-refractivity contribution in [3.8, 4) is 11.3 Å². The molecule has 0 spiro atoms. The summed E-state index contributed by atoms with van der Waals surface area (Å²) in [7, 11) is 0. The highest BCUT2D eigenvalue weighted by Gasteiger charge is 2.04. The zero-order chi connectivity index (χ0) is 11.5. The van der Waals surface area contributed by atoms with Crippen LogP contribution < -0.4 is 5.56 Å². The van der Waals surface area contributed by atoms with Crippen molar-refractivity contribution in [2.45, 2.75) is 0 Å². The van der Waals surface area contributed by atoms with E-state index in [0.717, 1.165) is 10.0 Å². The van der Waals surface area contributed by atoms with Crippen molar-refractivity contribution in [1.82, 2.24) is 10.2 Å². The Bertz CT molecular complexity index is 575. The van der Waals surface area contributed by atoms with Crippen LogP contribution in [0.4, 0.5) is 0 Å². The zero-order valence-electron chi connectivity index (χ0n) is 8.11. The molecule has 2 aromatic rings. The zero-order valence-corrected chi connectivity index (χ0v) is 9.69. The van der Waals surface area contributed by atoms with Crippen LogP contribution in [-0.4, -0.2) is 16.5 Å². The molecule has 1 aromatic heterocycles. The van der Waals surface area contributed by atoms with Gasteiger partial charge >= 0.3 is 0 Å². The Morgan fingerprint density at radius 1 is 1.25 bits per heavy atom. The minimum atomic E-state index is -0.476. The fourth-order valence-electron chi connectivity index (χ4n) is 1.28. The summed E-state index contributed by atoms with van der Waals surface area (Å²) in [5.41, 5.74) is 1.00. The maximum atomic E-state index is 11.1. The first-order valence-corrected chi connectivity index (χ1v) is 5.31. The number of halogens is 1. The van der Waals surface area contributed by atoms with E-state index in [2.05, 4.69) is 26.1 Å². The highest BCUT2D eigenvalue weighted by Crippen LogP contribution is 2.18. The number of carbonyl (C=O) groups is 1. The molecule has 2 rings (SSSR count). The van der Waals surface area contributed by atoms with Gasteiger partial charge in [0.2, 0.25) is 0 Å². The van der Waals surface area contributed by atoms with Gasteiger partial charge in [-0.3, -0.25) is 9.59 Å². The van der Waals surface area contributed by atoms with Crippen LogP contribution in [0, 0.1) is 0 Å². The summed E-state index contributed by atoms with van der Waals surface area (Å²) in [5.74, 6) is 0. The lowest BCUT2D eigenvalue weighted by molar-refractivity contribution is 0.112. The molecule has 0 saturated heterocycles. The van der Waals surface area contributed by atoms with E-state index < -0.39 is 5.56 Å². The minimum absolute atomic E-state index is 0.0768. The van der Waals surface area contributed by atoms with Crippen molar-refractivity contribution in [2.75, 3.05) is 0 Å². The molecule has 16 heavy (non-hydrogen) atoms. The molecule has 0 unspecified atom stereocenters. The average Bonchev–Trinajstić information content (AvgIpc) is 2.31. The first-order valence-electron chi connectivity index (χ1n) is 4.51. The van der Waals surface area contributed by atoms with E-state index in [4.69, 9.17) is 0 Å². The molecule has 0 aliphatic rings. The number of aromatic nitrogens is 2. The fourth-order valence-corrected chi connectivity index (χ4v) is 1.54. The Labute approximate surface area is 99.5 Å². The number of hydrogen-bond acceptors (Lipinski definition) is 3. The van der Waals surface area contributed by atoms with Gasteiger partial charge < -0.3 is 0 Å². The van der Waals surface area contributed by atoms with Gasteiger partial charge in [0.05, 0.1) is 11.3 Å². The smallest absolute Gasteiger partial charge is 0.274 e. The highest BCUT2D eigenvalue weighted by atomic mass is 79.9. The molecule has 0 aliphatic heterocycles. The largest absolute Gasteiger partial charge is 0.298 e. The lowest BCUT2D eigenvalue weighted by Crippen LogP contribution is -2.13. The molecular formula is C11H7BrN2O2. The van der Waals surface area contributed by atoms with Crippen LogP contribution >= 0.6 is 15.9 Å². The molecule has 0 fully saturated rings. The summed E-state index contributed by atoms with van der Waals surface area (Å²) in [4.78, 5) is 21.7. The van der Waals surface area contributed by atoms with Crippen molar-refractivity contribution < 1.29 is 4.79 Å². The van der Waals surface area contributed by atoms with Gasteiger partial charge in [0.1, 0.15) is 0 Å². The molecule has 0 saturated carbocycles. The standard InChI is InChI=1S/C11H7BrN2O2/c12-9-3-1-7(2-4-9)10-5-8(6-15)11(16)14-13-10/h1-6H,(H,14,16). The maximum absolute atomic E-state index is 11.1. The van der Waals surface area contributed by atoms with Crippen LogP contribution in [0.25, 0.3) is 11.3 Å². The Morgan fingerprint density at radius 3 is 2.56 bits per heavy atom. The number of nitrogens with zero attached hydrogens (tertiary/aromatic N) is 1. The number of rotatable bonds is 2. The van der Waals surface area contributed by atoms with E-state index in [9.17, 15) is 9.59 Å². The Balaban J connectivity index is 2.52. The Hall–Kier alpha value is -1.75. The van der Waals surface area contributed by atoms with Gasteiger partial charge in [0.15, 0.2) is 6.29 Å². The fraction of sp³-hybridized carbons (Fsp3) is 0. The summed E-state index contributed by atoms with van der Waals surface area (Å²) >= 11 is 3.32. The predicted octanol–water partition coefficient (Wildman–Crippen LogP) is 2.01. The number of hydrogen-bond donors (Lipinski definition) is 1. The number of aldehydes is 1. The molecule has 0 amide bonds. The van der Waals surface area contributed by atoms with E-state index in [1.165, 1.54) is 6.07 Å². The molecule has 0 atom stereocenters. The van der Waals surface area contributed by atoms with Gasteiger partial charge in [-0.25, -0.2) is 5.10 Å². The minimum Gasteiger partial charge on any atom is -0.298 e. The first-order chi connectivity index (χ1) is 7.70. The van der Waals surface area contributed by atoms with Crippen LogP contribution in [0.1, 0.15) is 10.4 Å². The molecule has 5 heteroatoms. The van der Waals surface area contributed by atoms with Crippen LogP contribution in [0.2, 0.25) is 0 Å². The predicted molar refractivity (Wildman–Crippen MR) is 63.4 cm³/mol. The van der Waals surface area contributed by atoms with E-state index in [0.29, 0.717) is 12.0 Å². The molecular weight excluding hydrogens is 272 g/mol. The van der Waals surface area contributed by atoms with Crippen molar-refractivity contribution >= 4 is 22.2 Å². The summed E-state index contributed by atoms with van der Waals surface area (Å²) in [6.07, 6.45) is 0.517. The average molecular weight is 279 g/mol. The number of H-pyrrole nitrogens is 1. The third kappa shape index (κ3) is 2.09. The maximum Gasteiger partial charge on any atom is 0.274 e. The molecule has 1 heterocycles. The van der Waals surface area contributed by atoms with Crippen LogP contribution in [0.5, 0.6) is 0 Å². The molecule has 0 bridgehead atoms. The van der Waals surface area contributed by atoms with Crippen LogP contribution in [0.15, 0.2) is 39.6 Å². The van der Waals surface area contributed by atoms with Crippen LogP contribution in [-0.2, 0) is 0 Å². The topological polar surface area (TPSA) is 62.8 Å². The molecule has 80 valence electrons. The van der Waals surface area contributed by atoms with Gasteiger partial charge in [-0.05, 0) is 18.2 Å². The van der Waals surface area contributed by atoms with Gasteiger partial charge in [-0.15, -0.1) is 0 Å². The lowest BCUT2D eigenvalue weighted by Gasteiger charge is -2.00. The van der Waals surface area contributed by atoms with Crippen LogP contribution in [0.3, 0.4) is 0 Å². The molecule has 0 aliphatic carbocycles. The van der Waals surface area contributed by atoms with Gasteiger partial charge in [0.25, 0.3) is 5.56 Å².